The first kappa shape index (κ1) is 13.9. The van der Waals surface area contributed by atoms with Crippen LogP contribution in [0, 0.1) is 0 Å². The Bertz CT molecular complexity index is 372. The van der Waals surface area contributed by atoms with Crippen LogP contribution in [0.4, 0.5) is 5.69 Å². The molecule has 0 aliphatic carbocycles. The number of hydrogen-bond donors (Lipinski definition) is 0. The van der Waals surface area contributed by atoms with Gasteiger partial charge in [0, 0.05) is 42.7 Å². The van der Waals surface area contributed by atoms with E-state index in [1.165, 1.54) is 11.3 Å². The molecule has 0 bridgehead atoms. The topological polar surface area (TPSA) is 6.48 Å². The second-order valence-corrected chi connectivity index (χ2v) is 6.51. The van der Waals surface area contributed by atoms with Gasteiger partial charge in [-0.15, -0.1) is 0 Å². The monoisotopic (exact) mass is 310 g/mol. The molecular formula is C15H23BrN2. The zero-order valence-electron chi connectivity index (χ0n) is 11.6. The van der Waals surface area contributed by atoms with Crippen molar-refractivity contribution in [3.05, 3.63) is 29.8 Å². The molecule has 0 N–H and O–H groups in total. The molecule has 1 aromatic rings. The summed E-state index contributed by atoms with van der Waals surface area (Å²) in [6.07, 6.45) is 0. The molecule has 2 nitrogen and oxygen atoms in total. The summed E-state index contributed by atoms with van der Waals surface area (Å²) in [5, 5.41) is 0.936. The molecule has 18 heavy (non-hydrogen) atoms. The molecule has 1 aliphatic heterocycles. The summed E-state index contributed by atoms with van der Waals surface area (Å²) in [5.41, 5.74) is 2.99. The Morgan fingerprint density at radius 2 is 1.56 bits per heavy atom. The van der Waals surface area contributed by atoms with Crippen molar-refractivity contribution in [2.45, 2.75) is 31.6 Å². The zero-order chi connectivity index (χ0) is 13.2. The predicted octanol–water partition coefficient (Wildman–Crippen LogP) is 3.50. The van der Waals surface area contributed by atoms with Gasteiger partial charge in [-0.3, -0.25) is 4.90 Å². The summed E-state index contributed by atoms with van der Waals surface area (Å²) in [6.45, 7) is 11.5. The Balaban J connectivity index is 1.96. The minimum absolute atomic E-state index is 0.298. The van der Waals surface area contributed by atoms with Crippen molar-refractivity contribution in [3.63, 3.8) is 0 Å². The Hall–Kier alpha value is -0.540. The minimum atomic E-state index is 0.298. The Kier molecular flexibility index (Phi) is 4.33. The Morgan fingerprint density at radius 3 is 2.00 bits per heavy atom. The second kappa shape index (κ2) is 5.62. The molecule has 0 atom stereocenters. The summed E-state index contributed by atoms with van der Waals surface area (Å²) >= 11 is 3.49. The third-order valence-corrected chi connectivity index (χ3v) is 4.33. The fraction of sp³-hybridized carbons (Fsp3) is 0.600. The largest absolute Gasteiger partial charge is 0.369 e. The highest BCUT2D eigenvalue weighted by Crippen LogP contribution is 2.21. The van der Waals surface area contributed by atoms with E-state index in [0.29, 0.717) is 5.54 Å². The van der Waals surface area contributed by atoms with E-state index in [1.54, 1.807) is 0 Å². The smallest absolute Gasteiger partial charge is 0.0367 e. The summed E-state index contributed by atoms with van der Waals surface area (Å²) in [7, 11) is 0. The van der Waals surface area contributed by atoms with Crippen LogP contribution in [-0.4, -0.2) is 36.6 Å². The van der Waals surface area contributed by atoms with Crippen LogP contribution >= 0.6 is 15.9 Å². The highest BCUT2D eigenvalue weighted by molar-refractivity contribution is 9.08. The molecule has 1 aliphatic rings. The van der Waals surface area contributed by atoms with Gasteiger partial charge in [-0.2, -0.15) is 0 Å². The van der Waals surface area contributed by atoms with E-state index in [1.807, 2.05) is 0 Å². The van der Waals surface area contributed by atoms with Crippen LogP contribution in [-0.2, 0) is 5.33 Å². The van der Waals surface area contributed by atoms with Gasteiger partial charge in [0.15, 0.2) is 0 Å². The molecule has 100 valence electrons. The van der Waals surface area contributed by atoms with Crippen molar-refractivity contribution in [2.75, 3.05) is 31.1 Å². The van der Waals surface area contributed by atoms with Gasteiger partial charge in [0.2, 0.25) is 0 Å². The lowest BCUT2D eigenvalue weighted by molar-refractivity contribution is 0.128. The lowest BCUT2D eigenvalue weighted by Gasteiger charge is -2.43. The van der Waals surface area contributed by atoms with E-state index < -0.39 is 0 Å². The maximum Gasteiger partial charge on any atom is 0.0367 e. The SMILES string of the molecule is CC(C)(C)N1CCN(c2ccc(CBr)cc2)CC1. The molecule has 1 saturated heterocycles. The lowest BCUT2D eigenvalue weighted by Crippen LogP contribution is -2.53. The van der Waals surface area contributed by atoms with E-state index in [9.17, 15) is 0 Å². The fourth-order valence-corrected chi connectivity index (χ4v) is 2.81. The molecule has 0 unspecified atom stereocenters. The molecular weight excluding hydrogens is 288 g/mol. The molecule has 0 spiro atoms. The normalized spacial score (nSPS) is 18.1. The molecule has 1 aromatic carbocycles. The summed E-state index contributed by atoms with van der Waals surface area (Å²) in [4.78, 5) is 5.05. The molecule has 0 radical (unpaired) electrons. The van der Waals surface area contributed by atoms with E-state index in [4.69, 9.17) is 0 Å². The third kappa shape index (κ3) is 3.27. The van der Waals surface area contributed by atoms with E-state index >= 15 is 0 Å². The van der Waals surface area contributed by atoms with Crippen molar-refractivity contribution < 1.29 is 0 Å². The fourth-order valence-electron chi connectivity index (χ4n) is 2.43. The van der Waals surface area contributed by atoms with Gasteiger partial charge in [0.05, 0.1) is 0 Å². The van der Waals surface area contributed by atoms with Gasteiger partial charge in [-0.25, -0.2) is 0 Å². The minimum Gasteiger partial charge on any atom is -0.369 e. The van der Waals surface area contributed by atoms with Crippen LogP contribution < -0.4 is 4.90 Å². The number of piperazine rings is 1. The summed E-state index contributed by atoms with van der Waals surface area (Å²) in [5.74, 6) is 0. The van der Waals surface area contributed by atoms with Crippen molar-refractivity contribution in [3.8, 4) is 0 Å². The van der Waals surface area contributed by atoms with Gasteiger partial charge in [0.25, 0.3) is 0 Å². The van der Waals surface area contributed by atoms with Gasteiger partial charge >= 0.3 is 0 Å². The van der Waals surface area contributed by atoms with Crippen molar-refractivity contribution in [1.29, 1.82) is 0 Å². The molecule has 0 saturated carbocycles. The average molecular weight is 311 g/mol. The molecule has 1 heterocycles. The number of benzene rings is 1. The molecule has 2 rings (SSSR count). The van der Waals surface area contributed by atoms with E-state index in [-0.39, 0.29) is 0 Å². The van der Waals surface area contributed by atoms with E-state index in [0.717, 1.165) is 31.5 Å². The second-order valence-electron chi connectivity index (χ2n) is 5.94. The maximum absolute atomic E-state index is 3.49. The van der Waals surface area contributed by atoms with Gasteiger partial charge < -0.3 is 4.90 Å². The van der Waals surface area contributed by atoms with Gasteiger partial charge in [-0.1, -0.05) is 28.1 Å². The highest BCUT2D eigenvalue weighted by atomic mass is 79.9. The van der Waals surface area contributed by atoms with Crippen LogP contribution in [0.5, 0.6) is 0 Å². The molecule has 1 fully saturated rings. The number of nitrogens with zero attached hydrogens (tertiary/aromatic N) is 2. The number of halogens is 1. The molecule has 0 amide bonds. The van der Waals surface area contributed by atoms with Crippen LogP contribution in [0.2, 0.25) is 0 Å². The van der Waals surface area contributed by atoms with Crippen LogP contribution in [0.1, 0.15) is 26.3 Å². The van der Waals surface area contributed by atoms with Crippen molar-refractivity contribution in [2.24, 2.45) is 0 Å². The maximum atomic E-state index is 3.49. The molecule has 3 heteroatoms. The number of alkyl halides is 1. The number of hydrogen-bond acceptors (Lipinski definition) is 2. The third-order valence-electron chi connectivity index (χ3n) is 3.68. The summed E-state index contributed by atoms with van der Waals surface area (Å²) in [6, 6.07) is 8.90. The van der Waals surface area contributed by atoms with Crippen molar-refractivity contribution >= 4 is 21.6 Å². The lowest BCUT2D eigenvalue weighted by atomic mass is 10.0. The summed E-state index contributed by atoms with van der Waals surface area (Å²) < 4.78 is 0. The number of rotatable bonds is 2. The van der Waals surface area contributed by atoms with Crippen LogP contribution in [0.25, 0.3) is 0 Å². The molecule has 0 aromatic heterocycles. The van der Waals surface area contributed by atoms with Crippen molar-refractivity contribution in [1.82, 2.24) is 4.90 Å². The first-order chi connectivity index (χ1) is 8.50. The first-order valence-electron chi connectivity index (χ1n) is 6.65. The zero-order valence-corrected chi connectivity index (χ0v) is 13.2. The van der Waals surface area contributed by atoms with Gasteiger partial charge in [0.1, 0.15) is 0 Å². The Morgan fingerprint density at radius 1 is 1.00 bits per heavy atom. The quantitative estimate of drug-likeness (QED) is 0.771. The van der Waals surface area contributed by atoms with E-state index in [2.05, 4.69) is 70.8 Å². The van der Waals surface area contributed by atoms with Crippen LogP contribution in [0.3, 0.4) is 0 Å². The average Bonchev–Trinajstić information content (AvgIpc) is 2.38. The number of anilines is 1. The predicted molar refractivity (Wildman–Crippen MR) is 82.6 cm³/mol. The van der Waals surface area contributed by atoms with Gasteiger partial charge in [-0.05, 0) is 38.5 Å². The van der Waals surface area contributed by atoms with Crippen LogP contribution in [0.15, 0.2) is 24.3 Å². The first-order valence-corrected chi connectivity index (χ1v) is 7.78. The standard InChI is InChI=1S/C15H23BrN2/c1-15(2,3)18-10-8-17(9-11-18)14-6-4-13(12-16)5-7-14/h4-7H,8-12H2,1-3H3. The highest BCUT2D eigenvalue weighted by Gasteiger charge is 2.25. The Labute approximate surface area is 119 Å².